The van der Waals surface area contributed by atoms with Gasteiger partial charge in [0.2, 0.25) is 0 Å². The van der Waals surface area contributed by atoms with Crippen molar-refractivity contribution in [3.8, 4) is 11.5 Å². The number of hydrogen-bond acceptors (Lipinski definition) is 8. The summed E-state index contributed by atoms with van der Waals surface area (Å²) in [5.41, 5.74) is 5.55. The lowest BCUT2D eigenvalue weighted by atomic mass is 9.77. The third kappa shape index (κ3) is 3.28. The predicted octanol–water partition coefficient (Wildman–Crippen LogP) is -1.14. The number of ether oxygens (including phenoxy) is 1. The lowest BCUT2D eigenvalue weighted by Gasteiger charge is -2.43. The maximum Gasteiger partial charge on any atom is 0.526 e. The van der Waals surface area contributed by atoms with Crippen LogP contribution >= 0.6 is 0 Å². The molecule has 3 aliphatic rings. The van der Waals surface area contributed by atoms with Gasteiger partial charge in [0.1, 0.15) is 23.2 Å². The van der Waals surface area contributed by atoms with E-state index in [9.17, 15) is 25.1 Å². The average molecular weight is 378 g/mol. The lowest BCUT2D eigenvalue weighted by Crippen LogP contribution is -2.63. The molecule has 9 nitrogen and oxygen atoms in total. The number of aliphatic hydroxyl groups is 2. The molecule has 1 aliphatic carbocycles. The number of rotatable bonds is 7. The van der Waals surface area contributed by atoms with E-state index in [1.807, 2.05) is 11.0 Å². The van der Waals surface area contributed by atoms with E-state index in [0.29, 0.717) is 19.6 Å². The molecule has 0 unspecified atom stereocenters. The number of carboxylic acids is 1. The third-order valence-corrected chi connectivity index (χ3v) is 5.59. The molecule has 1 aromatic rings. The molecule has 1 aromatic carbocycles. The van der Waals surface area contributed by atoms with Gasteiger partial charge in [-0.2, -0.15) is 0 Å². The molecule has 0 aromatic heterocycles. The molecule has 2 atom stereocenters. The normalized spacial score (nSPS) is 24.5. The van der Waals surface area contributed by atoms with Crippen molar-refractivity contribution in [2.24, 2.45) is 5.73 Å². The highest BCUT2D eigenvalue weighted by Gasteiger charge is 2.54. The van der Waals surface area contributed by atoms with Gasteiger partial charge in [-0.25, -0.2) is 4.79 Å². The second-order valence-corrected chi connectivity index (χ2v) is 7.79. The summed E-state index contributed by atoms with van der Waals surface area (Å²) in [6, 6.07) is 3.46. The number of benzene rings is 1. The summed E-state index contributed by atoms with van der Waals surface area (Å²) in [7, 11) is -0.982. The first-order valence-corrected chi connectivity index (χ1v) is 9.00. The summed E-state index contributed by atoms with van der Waals surface area (Å²) in [6.07, 6.45) is 0.562. The molecule has 0 amide bonds. The van der Waals surface area contributed by atoms with Gasteiger partial charge in [-0.05, 0) is 24.0 Å². The van der Waals surface area contributed by atoms with Crippen molar-refractivity contribution >= 4 is 13.1 Å². The highest BCUT2D eigenvalue weighted by molar-refractivity contribution is 6.48. The van der Waals surface area contributed by atoms with E-state index in [0.717, 1.165) is 12.0 Å². The monoisotopic (exact) mass is 378 g/mol. The average Bonchev–Trinajstić information content (AvgIpc) is 3.40. The number of aromatic carboxylic acids is 1. The van der Waals surface area contributed by atoms with E-state index in [1.54, 1.807) is 6.07 Å². The molecule has 0 spiro atoms. The van der Waals surface area contributed by atoms with Crippen LogP contribution in [0, 0.1) is 0 Å². The molecule has 1 saturated heterocycles. The fourth-order valence-electron chi connectivity index (χ4n) is 3.90. The minimum atomic E-state index is -1.16. The molecule has 10 heteroatoms. The Kier molecular flexibility index (Phi) is 4.56. The molecule has 1 saturated carbocycles. The van der Waals surface area contributed by atoms with Crippen LogP contribution in [-0.2, 0) is 0 Å². The van der Waals surface area contributed by atoms with Crippen molar-refractivity contribution in [1.82, 2.24) is 4.90 Å². The van der Waals surface area contributed by atoms with Gasteiger partial charge in [-0.3, -0.25) is 4.90 Å². The Morgan fingerprint density at radius 3 is 2.70 bits per heavy atom. The first-order valence-electron chi connectivity index (χ1n) is 9.00. The third-order valence-electron chi connectivity index (χ3n) is 5.59. The van der Waals surface area contributed by atoms with Crippen LogP contribution in [-0.4, -0.2) is 82.8 Å². The number of nitrogens with two attached hydrogens (primary N) is 1. The largest absolute Gasteiger partial charge is 0.535 e. The number of hydrogen-bond donors (Lipinski definition) is 5. The van der Waals surface area contributed by atoms with Gasteiger partial charge >= 0.3 is 13.1 Å². The van der Waals surface area contributed by atoms with E-state index in [1.165, 1.54) is 0 Å². The number of likely N-dealkylation sites (tertiary alicyclic amines) is 1. The summed E-state index contributed by atoms with van der Waals surface area (Å²) in [6.45, 7) is 0.656. The van der Waals surface area contributed by atoms with Crippen molar-refractivity contribution in [3.05, 3.63) is 23.3 Å². The second kappa shape index (κ2) is 6.64. The van der Waals surface area contributed by atoms with E-state index in [2.05, 4.69) is 0 Å². The molecule has 6 N–H and O–H groups in total. The van der Waals surface area contributed by atoms with Crippen molar-refractivity contribution in [1.29, 1.82) is 0 Å². The molecule has 4 rings (SSSR count). The summed E-state index contributed by atoms with van der Waals surface area (Å²) >= 11 is 0. The van der Waals surface area contributed by atoms with Gasteiger partial charge in [0.25, 0.3) is 0 Å². The fraction of sp³-hybridized carbons (Fsp3) is 0.588. The van der Waals surface area contributed by atoms with Gasteiger partial charge in [0.15, 0.2) is 0 Å². The Bertz CT molecular complexity index is 751. The number of carboxylic acid groups (broad SMARTS) is 1. The number of nitrogens with zero attached hydrogens (tertiary/aromatic N) is 1. The maximum absolute atomic E-state index is 11.8. The molecule has 0 radical (unpaired) electrons. The standard InChI is InChI=1S/C17H23BN2O7/c19-17(7-21,8-22)6-20-4-9(5-20)26-13-2-1-10-11-3-12(11)18(25)27-15(10)14(13)16(23)24/h1-2,9,11-12,21-22,25H,3-8,19H2,(H,23,24)/t11-,12-/m1/s1. The summed E-state index contributed by atoms with van der Waals surface area (Å²) in [4.78, 5) is 13.7. The zero-order chi connectivity index (χ0) is 19.3. The van der Waals surface area contributed by atoms with Crippen molar-refractivity contribution in [3.63, 3.8) is 0 Å². The summed E-state index contributed by atoms with van der Waals surface area (Å²) in [5.74, 6) is -0.569. The zero-order valence-corrected chi connectivity index (χ0v) is 14.7. The van der Waals surface area contributed by atoms with Crippen LogP contribution in [0.1, 0.15) is 28.3 Å². The SMILES string of the molecule is NC(CO)(CO)CN1CC(Oc2ccc3c(c2C(=O)O)OB(O)[C@@H]2C[C@H]32)C1. The number of aliphatic hydroxyl groups excluding tert-OH is 2. The number of carbonyl (C=O) groups is 1. The van der Waals surface area contributed by atoms with Crippen LogP contribution in [0.2, 0.25) is 5.82 Å². The van der Waals surface area contributed by atoms with Crippen LogP contribution in [0.3, 0.4) is 0 Å². The van der Waals surface area contributed by atoms with Gasteiger partial charge in [-0.15, -0.1) is 0 Å². The Morgan fingerprint density at radius 1 is 1.37 bits per heavy atom. The Hall–Kier alpha value is -1.85. The number of fused-ring (bicyclic) bond motifs is 3. The Labute approximate surface area is 156 Å². The molecule has 27 heavy (non-hydrogen) atoms. The first kappa shape index (κ1) is 18.5. The van der Waals surface area contributed by atoms with E-state index >= 15 is 0 Å². The van der Waals surface area contributed by atoms with Crippen molar-refractivity contribution < 1.29 is 34.5 Å². The van der Waals surface area contributed by atoms with E-state index in [4.69, 9.17) is 15.1 Å². The molecule has 2 aliphatic heterocycles. The van der Waals surface area contributed by atoms with Crippen LogP contribution in [0.15, 0.2) is 12.1 Å². The molecule has 2 heterocycles. The quantitative estimate of drug-likeness (QED) is 0.372. The molecule has 146 valence electrons. The van der Waals surface area contributed by atoms with Gasteiger partial charge in [0, 0.05) is 25.5 Å². The summed E-state index contributed by atoms with van der Waals surface area (Å²) in [5, 5.41) is 38.2. The van der Waals surface area contributed by atoms with Gasteiger partial charge < -0.3 is 35.5 Å². The molecular formula is C17H23BN2O7. The zero-order valence-electron chi connectivity index (χ0n) is 14.7. The minimum Gasteiger partial charge on any atom is -0.535 e. The predicted molar refractivity (Wildman–Crippen MR) is 95.1 cm³/mol. The van der Waals surface area contributed by atoms with Crippen LogP contribution < -0.4 is 15.1 Å². The van der Waals surface area contributed by atoms with Crippen LogP contribution in [0.5, 0.6) is 11.5 Å². The van der Waals surface area contributed by atoms with E-state index < -0.39 is 18.6 Å². The van der Waals surface area contributed by atoms with E-state index in [-0.39, 0.29) is 48.1 Å². The Balaban J connectivity index is 1.46. The molecule has 2 fully saturated rings. The Morgan fingerprint density at radius 2 is 2.07 bits per heavy atom. The van der Waals surface area contributed by atoms with Crippen molar-refractivity contribution in [2.75, 3.05) is 32.8 Å². The smallest absolute Gasteiger partial charge is 0.526 e. The fourth-order valence-corrected chi connectivity index (χ4v) is 3.90. The molecular weight excluding hydrogens is 355 g/mol. The summed E-state index contributed by atoms with van der Waals surface area (Å²) < 4.78 is 11.3. The minimum absolute atomic E-state index is 0.0423. The maximum atomic E-state index is 11.8. The highest BCUT2D eigenvalue weighted by atomic mass is 16.5. The van der Waals surface area contributed by atoms with Crippen LogP contribution in [0.25, 0.3) is 0 Å². The van der Waals surface area contributed by atoms with Crippen molar-refractivity contribution in [2.45, 2.75) is 29.8 Å². The van der Waals surface area contributed by atoms with Crippen LogP contribution in [0.4, 0.5) is 0 Å². The topological polar surface area (TPSA) is 146 Å². The molecule has 0 bridgehead atoms. The second-order valence-electron chi connectivity index (χ2n) is 7.79. The highest BCUT2D eigenvalue weighted by Crippen LogP contribution is 2.60. The lowest BCUT2D eigenvalue weighted by molar-refractivity contribution is -0.0121. The van der Waals surface area contributed by atoms with Gasteiger partial charge in [-0.1, -0.05) is 6.07 Å². The first-order chi connectivity index (χ1) is 12.8. The van der Waals surface area contributed by atoms with Gasteiger partial charge in [0.05, 0.1) is 18.8 Å².